The predicted molar refractivity (Wildman–Crippen MR) is 58.1 cm³/mol. The molecule has 2 N–H and O–H groups in total. The molecule has 1 aliphatic rings. The minimum Gasteiger partial charge on any atom is -0.352 e. The Morgan fingerprint density at radius 2 is 1.93 bits per heavy atom. The number of carbonyl (C=O) groups is 1. The first-order chi connectivity index (χ1) is 6.72. The van der Waals surface area contributed by atoms with Gasteiger partial charge in [0, 0.05) is 6.04 Å². The Morgan fingerprint density at radius 1 is 1.29 bits per heavy atom. The van der Waals surface area contributed by atoms with Crippen LogP contribution in [0.5, 0.6) is 0 Å². The molecule has 0 aliphatic heterocycles. The normalized spacial score (nSPS) is 27.3. The smallest absolute Gasteiger partial charge is 0.234 e. The molecule has 1 saturated carbocycles. The summed E-state index contributed by atoms with van der Waals surface area (Å²) in [5.41, 5.74) is 0. The van der Waals surface area contributed by atoms with Crippen LogP contribution in [0.2, 0.25) is 0 Å². The van der Waals surface area contributed by atoms with Gasteiger partial charge in [0.2, 0.25) is 5.91 Å². The SMILES string of the molecule is CCNCC(=O)NC1CCC(C)CC1. The van der Waals surface area contributed by atoms with Crippen LogP contribution in [0.3, 0.4) is 0 Å². The first-order valence-corrected chi connectivity index (χ1v) is 5.72. The summed E-state index contributed by atoms with van der Waals surface area (Å²) in [6.45, 7) is 5.62. The molecule has 14 heavy (non-hydrogen) atoms. The molecular weight excluding hydrogens is 176 g/mol. The van der Waals surface area contributed by atoms with Gasteiger partial charge in [0.05, 0.1) is 6.54 Å². The van der Waals surface area contributed by atoms with Crippen molar-refractivity contribution in [1.29, 1.82) is 0 Å². The quantitative estimate of drug-likeness (QED) is 0.714. The molecule has 0 spiro atoms. The molecule has 0 atom stereocenters. The molecule has 3 heteroatoms. The average Bonchev–Trinajstić information content (AvgIpc) is 2.18. The Kier molecular flexibility index (Phi) is 4.94. The van der Waals surface area contributed by atoms with Gasteiger partial charge in [0.25, 0.3) is 0 Å². The number of hydrogen-bond acceptors (Lipinski definition) is 2. The zero-order valence-corrected chi connectivity index (χ0v) is 9.31. The average molecular weight is 198 g/mol. The molecule has 0 saturated heterocycles. The summed E-state index contributed by atoms with van der Waals surface area (Å²) in [6, 6.07) is 0.428. The van der Waals surface area contributed by atoms with Gasteiger partial charge < -0.3 is 10.6 Å². The van der Waals surface area contributed by atoms with Crippen LogP contribution in [0.15, 0.2) is 0 Å². The minimum absolute atomic E-state index is 0.145. The summed E-state index contributed by atoms with van der Waals surface area (Å²) in [6.07, 6.45) is 4.82. The van der Waals surface area contributed by atoms with Crippen molar-refractivity contribution in [1.82, 2.24) is 10.6 Å². The molecule has 82 valence electrons. The van der Waals surface area contributed by atoms with Gasteiger partial charge in [-0.3, -0.25) is 4.79 Å². The topological polar surface area (TPSA) is 41.1 Å². The third-order valence-electron chi connectivity index (χ3n) is 2.92. The molecule has 1 amide bonds. The summed E-state index contributed by atoms with van der Waals surface area (Å²) in [7, 11) is 0. The summed E-state index contributed by atoms with van der Waals surface area (Å²) in [5, 5.41) is 6.11. The van der Waals surface area contributed by atoms with Gasteiger partial charge in [-0.2, -0.15) is 0 Å². The van der Waals surface area contributed by atoms with E-state index in [2.05, 4.69) is 17.6 Å². The molecule has 0 bridgehead atoms. The molecule has 1 rings (SSSR count). The van der Waals surface area contributed by atoms with Crippen molar-refractivity contribution >= 4 is 5.91 Å². The van der Waals surface area contributed by atoms with Crippen molar-refractivity contribution in [2.45, 2.75) is 45.6 Å². The van der Waals surface area contributed by atoms with E-state index in [1.54, 1.807) is 0 Å². The highest BCUT2D eigenvalue weighted by Crippen LogP contribution is 2.23. The van der Waals surface area contributed by atoms with Crippen LogP contribution in [0.4, 0.5) is 0 Å². The number of nitrogens with one attached hydrogen (secondary N) is 2. The minimum atomic E-state index is 0.145. The molecular formula is C11H22N2O. The number of rotatable bonds is 4. The van der Waals surface area contributed by atoms with E-state index in [4.69, 9.17) is 0 Å². The second kappa shape index (κ2) is 6.02. The zero-order valence-electron chi connectivity index (χ0n) is 9.31. The zero-order chi connectivity index (χ0) is 10.4. The molecule has 1 aliphatic carbocycles. The second-order valence-electron chi connectivity index (χ2n) is 4.30. The molecule has 0 aromatic carbocycles. The van der Waals surface area contributed by atoms with E-state index in [1.165, 1.54) is 12.8 Å². The molecule has 1 fully saturated rings. The van der Waals surface area contributed by atoms with E-state index in [0.29, 0.717) is 12.6 Å². The third kappa shape index (κ3) is 4.09. The van der Waals surface area contributed by atoms with Crippen LogP contribution in [-0.2, 0) is 4.79 Å². The maximum Gasteiger partial charge on any atom is 0.234 e. The summed E-state index contributed by atoms with van der Waals surface area (Å²) < 4.78 is 0. The van der Waals surface area contributed by atoms with Crippen LogP contribution < -0.4 is 10.6 Å². The second-order valence-corrected chi connectivity index (χ2v) is 4.30. The number of likely N-dealkylation sites (N-methyl/N-ethyl adjacent to an activating group) is 1. The van der Waals surface area contributed by atoms with Gasteiger partial charge in [0.1, 0.15) is 0 Å². The standard InChI is InChI=1S/C11H22N2O/c1-3-12-8-11(14)13-10-6-4-9(2)5-7-10/h9-10,12H,3-8H2,1-2H3,(H,13,14). The maximum atomic E-state index is 11.4. The summed E-state index contributed by atoms with van der Waals surface area (Å²) in [5.74, 6) is 0.989. The first-order valence-electron chi connectivity index (χ1n) is 5.72. The van der Waals surface area contributed by atoms with Crippen LogP contribution in [0.1, 0.15) is 39.5 Å². The van der Waals surface area contributed by atoms with E-state index in [1.807, 2.05) is 6.92 Å². The Morgan fingerprint density at radius 3 is 2.50 bits per heavy atom. The molecule has 0 radical (unpaired) electrons. The Hall–Kier alpha value is -0.570. The fourth-order valence-corrected chi connectivity index (χ4v) is 1.92. The fraction of sp³-hybridized carbons (Fsp3) is 0.909. The van der Waals surface area contributed by atoms with Gasteiger partial charge in [-0.25, -0.2) is 0 Å². The van der Waals surface area contributed by atoms with Gasteiger partial charge in [-0.1, -0.05) is 13.8 Å². The van der Waals surface area contributed by atoms with Crippen molar-refractivity contribution in [3.05, 3.63) is 0 Å². The largest absolute Gasteiger partial charge is 0.352 e. The van der Waals surface area contributed by atoms with Crippen molar-refractivity contribution in [3.63, 3.8) is 0 Å². The van der Waals surface area contributed by atoms with Crippen molar-refractivity contribution in [3.8, 4) is 0 Å². The van der Waals surface area contributed by atoms with E-state index >= 15 is 0 Å². The highest BCUT2D eigenvalue weighted by molar-refractivity contribution is 5.78. The van der Waals surface area contributed by atoms with Gasteiger partial charge in [0.15, 0.2) is 0 Å². The molecule has 0 unspecified atom stereocenters. The lowest BCUT2D eigenvalue weighted by molar-refractivity contribution is -0.121. The monoisotopic (exact) mass is 198 g/mol. The van der Waals surface area contributed by atoms with Crippen LogP contribution in [-0.4, -0.2) is 25.0 Å². The number of amides is 1. The van der Waals surface area contributed by atoms with Crippen molar-refractivity contribution in [2.24, 2.45) is 5.92 Å². The Bertz CT molecular complexity index is 174. The number of carbonyl (C=O) groups excluding carboxylic acids is 1. The summed E-state index contributed by atoms with van der Waals surface area (Å²) >= 11 is 0. The van der Waals surface area contributed by atoms with Crippen LogP contribution >= 0.6 is 0 Å². The van der Waals surface area contributed by atoms with Gasteiger partial charge >= 0.3 is 0 Å². The highest BCUT2D eigenvalue weighted by Gasteiger charge is 2.19. The lowest BCUT2D eigenvalue weighted by Gasteiger charge is -2.26. The predicted octanol–water partition coefficient (Wildman–Crippen LogP) is 1.29. The fourth-order valence-electron chi connectivity index (χ4n) is 1.92. The highest BCUT2D eigenvalue weighted by atomic mass is 16.1. The Balaban J connectivity index is 2.14. The van der Waals surface area contributed by atoms with E-state index in [0.717, 1.165) is 25.3 Å². The van der Waals surface area contributed by atoms with Crippen LogP contribution in [0, 0.1) is 5.92 Å². The molecule has 3 nitrogen and oxygen atoms in total. The molecule has 0 heterocycles. The van der Waals surface area contributed by atoms with Crippen molar-refractivity contribution < 1.29 is 4.79 Å². The third-order valence-corrected chi connectivity index (χ3v) is 2.92. The lowest BCUT2D eigenvalue weighted by atomic mass is 9.87. The van der Waals surface area contributed by atoms with E-state index in [9.17, 15) is 4.79 Å². The lowest BCUT2D eigenvalue weighted by Crippen LogP contribution is -2.41. The summed E-state index contributed by atoms with van der Waals surface area (Å²) in [4.78, 5) is 11.4. The maximum absolute atomic E-state index is 11.4. The van der Waals surface area contributed by atoms with E-state index in [-0.39, 0.29) is 5.91 Å². The van der Waals surface area contributed by atoms with Crippen LogP contribution in [0.25, 0.3) is 0 Å². The van der Waals surface area contributed by atoms with E-state index < -0.39 is 0 Å². The Labute approximate surface area is 86.6 Å². The van der Waals surface area contributed by atoms with Gasteiger partial charge in [-0.05, 0) is 38.1 Å². The van der Waals surface area contributed by atoms with Crippen molar-refractivity contribution in [2.75, 3.05) is 13.1 Å². The van der Waals surface area contributed by atoms with Gasteiger partial charge in [-0.15, -0.1) is 0 Å². The first kappa shape index (κ1) is 11.5. The number of hydrogen-bond donors (Lipinski definition) is 2. The molecule has 0 aromatic heterocycles. The molecule has 0 aromatic rings.